The van der Waals surface area contributed by atoms with Crippen molar-refractivity contribution in [3.63, 3.8) is 0 Å². The van der Waals surface area contributed by atoms with Gasteiger partial charge in [-0.25, -0.2) is 4.98 Å². The van der Waals surface area contributed by atoms with Gasteiger partial charge in [0.2, 0.25) is 5.91 Å². The van der Waals surface area contributed by atoms with Gasteiger partial charge < -0.3 is 10.0 Å². The van der Waals surface area contributed by atoms with Crippen molar-refractivity contribution in [3.05, 3.63) is 28.6 Å². The molecule has 1 aliphatic rings. The Bertz CT molecular complexity index is 645. The third-order valence-corrected chi connectivity index (χ3v) is 5.32. The molecule has 2 aromatic heterocycles. The summed E-state index contributed by atoms with van der Waals surface area (Å²) in [5.74, 6) is -0.671. The van der Waals surface area contributed by atoms with Crippen LogP contribution in [0.4, 0.5) is 0 Å². The fourth-order valence-corrected chi connectivity index (χ4v) is 3.95. The maximum absolute atomic E-state index is 12.1. The topological polar surface area (TPSA) is 70.5 Å². The number of nitrogens with zero attached hydrogens (tertiary/aromatic N) is 2. The van der Waals surface area contributed by atoms with E-state index in [0.29, 0.717) is 19.5 Å². The van der Waals surface area contributed by atoms with Gasteiger partial charge in [0, 0.05) is 24.4 Å². The summed E-state index contributed by atoms with van der Waals surface area (Å²) in [6.45, 7) is 1.10. The van der Waals surface area contributed by atoms with Crippen LogP contribution in [0.3, 0.4) is 0 Å². The van der Waals surface area contributed by atoms with Crippen LogP contribution in [0.15, 0.2) is 22.9 Å². The Kier molecular flexibility index (Phi) is 4.03. The van der Waals surface area contributed by atoms with Crippen LogP contribution in [0.5, 0.6) is 0 Å². The molecule has 5 nitrogen and oxygen atoms in total. The molecule has 110 valence electrons. The zero-order chi connectivity index (χ0) is 14.8. The first-order chi connectivity index (χ1) is 10.1. The standard InChI is InChI=1S/C14H14N2O3S2/c17-12(16-6-9(7-16)4-13(18)19)5-10-8-21-14(15-10)11-2-1-3-20-11/h1-3,8-9H,4-7H2,(H,18,19). The molecular weight excluding hydrogens is 308 g/mol. The average Bonchev–Trinajstić information content (AvgIpc) is 3.02. The highest BCUT2D eigenvalue weighted by Gasteiger charge is 2.32. The molecule has 21 heavy (non-hydrogen) atoms. The molecule has 1 aliphatic heterocycles. The van der Waals surface area contributed by atoms with Crippen molar-refractivity contribution < 1.29 is 14.7 Å². The van der Waals surface area contributed by atoms with Crippen LogP contribution < -0.4 is 0 Å². The van der Waals surface area contributed by atoms with E-state index in [-0.39, 0.29) is 18.2 Å². The number of amides is 1. The van der Waals surface area contributed by atoms with Gasteiger partial charge in [0.25, 0.3) is 0 Å². The molecule has 0 saturated carbocycles. The van der Waals surface area contributed by atoms with E-state index in [1.54, 1.807) is 27.6 Å². The smallest absolute Gasteiger partial charge is 0.303 e. The number of aromatic nitrogens is 1. The van der Waals surface area contributed by atoms with Gasteiger partial charge in [0.05, 0.1) is 23.4 Å². The van der Waals surface area contributed by atoms with E-state index in [1.807, 2.05) is 22.9 Å². The molecule has 0 bridgehead atoms. The molecule has 1 N–H and O–H groups in total. The molecule has 7 heteroatoms. The highest BCUT2D eigenvalue weighted by atomic mass is 32.1. The SMILES string of the molecule is O=C(O)CC1CN(C(=O)Cc2csc(-c3cccs3)n2)C1. The summed E-state index contributed by atoms with van der Waals surface area (Å²) in [4.78, 5) is 30.0. The third-order valence-electron chi connectivity index (χ3n) is 3.39. The van der Waals surface area contributed by atoms with Crippen molar-refractivity contribution in [1.29, 1.82) is 0 Å². The molecule has 1 saturated heterocycles. The summed E-state index contributed by atoms with van der Waals surface area (Å²) in [6, 6.07) is 4.00. The van der Waals surface area contributed by atoms with Crippen LogP contribution >= 0.6 is 22.7 Å². The van der Waals surface area contributed by atoms with E-state index >= 15 is 0 Å². The minimum Gasteiger partial charge on any atom is -0.481 e. The number of aliphatic carboxylic acids is 1. The van der Waals surface area contributed by atoms with E-state index in [2.05, 4.69) is 4.98 Å². The van der Waals surface area contributed by atoms with E-state index in [1.165, 1.54) is 0 Å². The number of thiazole rings is 1. The lowest BCUT2D eigenvalue weighted by atomic mass is 9.96. The van der Waals surface area contributed by atoms with Crippen LogP contribution in [0.2, 0.25) is 0 Å². The van der Waals surface area contributed by atoms with Gasteiger partial charge in [-0.2, -0.15) is 0 Å². The molecule has 1 fully saturated rings. The molecule has 0 atom stereocenters. The largest absolute Gasteiger partial charge is 0.481 e. The first-order valence-electron chi connectivity index (χ1n) is 6.59. The average molecular weight is 322 g/mol. The molecule has 2 aromatic rings. The van der Waals surface area contributed by atoms with Crippen molar-refractivity contribution in [2.75, 3.05) is 13.1 Å². The summed E-state index contributed by atoms with van der Waals surface area (Å²) >= 11 is 3.18. The second-order valence-corrected chi connectivity index (χ2v) is 6.87. The normalized spacial score (nSPS) is 15.0. The summed E-state index contributed by atoms with van der Waals surface area (Å²) < 4.78 is 0. The zero-order valence-electron chi connectivity index (χ0n) is 11.2. The summed E-state index contributed by atoms with van der Waals surface area (Å²) in [5.41, 5.74) is 0.787. The molecular formula is C14H14N2O3S2. The molecule has 1 amide bonds. The number of likely N-dealkylation sites (tertiary alicyclic amines) is 1. The quantitative estimate of drug-likeness (QED) is 0.917. The number of rotatable bonds is 5. The lowest BCUT2D eigenvalue weighted by Crippen LogP contribution is -2.51. The Morgan fingerprint density at radius 3 is 2.86 bits per heavy atom. The van der Waals surface area contributed by atoms with Crippen molar-refractivity contribution in [3.8, 4) is 9.88 Å². The highest BCUT2D eigenvalue weighted by Crippen LogP contribution is 2.28. The fraction of sp³-hybridized carbons (Fsp3) is 0.357. The highest BCUT2D eigenvalue weighted by molar-refractivity contribution is 7.20. The van der Waals surface area contributed by atoms with Gasteiger partial charge in [-0.1, -0.05) is 6.07 Å². The van der Waals surface area contributed by atoms with Crippen molar-refractivity contribution in [2.45, 2.75) is 12.8 Å². The Hall–Kier alpha value is -1.73. The first-order valence-corrected chi connectivity index (χ1v) is 8.35. The minimum atomic E-state index is -0.799. The Morgan fingerprint density at radius 2 is 2.19 bits per heavy atom. The van der Waals surface area contributed by atoms with Crippen molar-refractivity contribution in [2.24, 2.45) is 5.92 Å². The van der Waals surface area contributed by atoms with Gasteiger partial charge >= 0.3 is 5.97 Å². The number of hydrogen-bond acceptors (Lipinski definition) is 5. The molecule has 0 unspecified atom stereocenters. The van der Waals surface area contributed by atoms with Gasteiger partial charge in [-0.05, 0) is 11.4 Å². The summed E-state index contributed by atoms with van der Waals surface area (Å²) in [6.07, 6.45) is 0.435. The van der Waals surface area contributed by atoms with Crippen LogP contribution in [-0.2, 0) is 16.0 Å². The Labute approximate surface area is 129 Å². The number of carbonyl (C=O) groups excluding carboxylic acids is 1. The lowest BCUT2D eigenvalue weighted by Gasteiger charge is -2.38. The van der Waals surface area contributed by atoms with E-state index < -0.39 is 5.97 Å². The lowest BCUT2D eigenvalue weighted by molar-refractivity contribution is -0.144. The number of carboxylic acid groups (broad SMARTS) is 1. The van der Waals surface area contributed by atoms with Crippen LogP contribution in [0.25, 0.3) is 9.88 Å². The molecule has 0 aromatic carbocycles. The van der Waals surface area contributed by atoms with E-state index in [4.69, 9.17) is 5.11 Å². The van der Waals surface area contributed by atoms with E-state index in [0.717, 1.165) is 15.6 Å². The monoisotopic (exact) mass is 322 g/mol. The first kappa shape index (κ1) is 14.2. The second kappa shape index (κ2) is 5.95. The van der Waals surface area contributed by atoms with Crippen LogP contribution in [0.1, 0.15) is 12.1 Å². The molecule has 0 spiro atoms. The fourth-order valence-electron chi connectivity index (χ4n) is 2.32. The predicted molar refractivity (Wildman–Crippen MR) is 81.5 cm³/mol. The second-order valence-electron chi connectivity index (χ2n) is 5.06. The van der Waals surface area contributed by atoms with Crippen LogP contribution in [-0.4, -0.2) is 40.0 Å². The third kappa shape index (κ3) is 3.30. The van der Waals surface area contributed by atoms with Crippen LogP contribution in [0, 0.1) is 5.92 Å². The Balaban J connectivity index is 1.53. The maximum atomic E-state index is 12.1. The number of hydrogen-bond donors (Lipinski definition) is 1. The van der Waals surface area contributed by atoms with Gasteiger partial charge in [-0.15, -0.1) is 22.7 Å². The number of carbonyl (C=O) groups is 2. The number of carboxylic acids is 1. The van der Waals surface area contributed by atoms with Crippen molar-refractivity contribution >= 4 is 34.6 Å². The summed E-state index contributed by atoms with van der Waals surface area (Å²) in [7, 11) is 0. The van der Waals surface area contributed by atoms with Gasteiger partial charge in [-0.3, -0.25) is 9.59 Å². The predicted octanol–water partition coefficient (Wildman–Crippen LogP) is 2.35. The Morgan fingerprint density at radius 1 is 1.38 bits per heavy atom. The van der Waals surface area contributed by atoms with Gasteiger partial charge in [0.15, 0.2) is 0 Å². The molecule has 0 radical (unpaired) electrons. The van der Waals surface area contributed by atoms with Crippen molar-refractivity contribution in [1.82, 2.24) is 9.88 Å². The number of thiophene rings is 1. The summed E-state index contributed by atoms with van der Waals surface area (Å²) in [5, 5.41) is 13.6. The molecule has 3 rings (SSSR count). The minimum absolute atomic E-state index is 0.0275. The molecule has 3 heterocycles. The maximum Gasteiger partial charge on any atom is 0.303 e. The van der Waals surface area contributed by atoms with Gasteiger partial charge in [0.1, 0.15) is 5.01 Å². The zero-order valence-corrected chi connectivity index (χ0v) is 12.8. The molecule has 0 aliphatic carbocycles. The van der Waals surface area contributed by atoms with E-state index in [9.17, 15) is 9.59 Å².